The van der Waals surface area contributed by atoms with E-state index in [4.69, 9.17) is 0 Å². The zero-order chi connectivity index (χ0) is 26.2. The lowest BCUT2D eigenvalue weighted by Gasteiger charge is -2.46. The number of anilines is 1. The number of nitrogens with zero attached hydrogens (tertiary/aromatic N) is 2. The number of rotatable bonds is 8. The second-order valence-electron chi connectivity index (χ2n) is 10.1. The van der Waals surface area contributed by atoms with Gasteiger partial charge >= 0.3 is 6.18 Å². The van der Waals surface area contributed by atoms with Crippen molar-refractivity contribution in [2.24, 2.45) is 5.41 Å². The lowest BCUT2D eigenvalue weighted by Crippen LogP contribution is -2.62. The maximum atomic E-state index is 16.7. The molecule has 1 fully saturated rings. The Morgan fingerprint density at radius 1 is 1.03 bits per heavy atom. The predicted octanol–water partition coefficient (Wildman–Crippen LogP) is 7.49. The summed E-state index contributed by atoms with van der Waals surface area (Å²) in [5.41, 5.74) is -0.746. The Bertz CT molecular complexity index is 1160. The van der Waals surface area contributed by atoms with Crippen LogP contribution in [-0.2, 0) is 12.0 Å². The van der Waals surface area contributed by atoms with Crippen molar-refractivity contribution in [3.05, 3.63) is 82.1 Å². The van der Waals surface area contributed by atoms with Gasteiger partial charge < -0.3 is 5.32 Å². The zero-order valence-electron chi connectivity index (χ0n) is 20.5. The molecule has 3 nitrogen and oxygen atoms in total. The van der Waals surface area contributed by atoms with E-state index in [-0.39, 0.29) is 38.0 Å². The number of hydrogen-bond acceptors (Lipinski definition) is 4. The summed E-state index contributed by atoms with van der Waals surface area (Å²) < 4.78 is 74.4. The quantitative estimate of drug-likeness (QED) is 0.245. The van der Waals surface area contributed by atoms with Gasteiger partial charge in [0.05, 0.1) is 0 Å². The number of benzene rings is 1. The van der Waals surface area contributed by atoms with Gasteiger partial charge in [0.1, 0.15) is 0 Å². The lowest BCUT2D eigenvalue weighted by molar-refractivity contribution is -0.259. The van der Waals surface area contributed by atoms with Gasteiger partial charge in [0, 0.05) is 40.0 Å². The highest BCUT2D eigenvalue weighted by molar-refractivity contribution is 7.10. The number of alkyl halides is 4. The molecule has 1 saturated heterocycles. The van der Waals surface area contributed by atoms with Gasteiger partial charge in [-0.2, -0.15) is 17.6 Å². The molecule has 0 radical (unpaired) electrons. The summed E-state index contributed by atoms with van der Waals surface area (Å²) >= 11 is 0.884. The van der Waals surface area contributed by atoms with E-state index in [1.54, 1.807) is 30.5 Å². The van der Waals surface area contributed by atoms with Crippen molar-refractivity contribution in [3.63, 3.8) is 0 Å². The third-order valence-electron chi connectivity index (χ3n) is 7.45. The topological polar surface area (TPSA) is 28.2 Å². The summed E-state index contributed by atoms with van der Waals surface area (Å²) in [6.45, 7) is 5.85. The molecule has 0 bridgehead atoms. The molecule has 194 valence electrons. The Hall–Kier alpha value is -2.52. The van der Waals surface area contributed by atoms with Crippen molar-refractivity contribution in [1.29, 1.82) is 0 Å². The summed E-state index contributed by atoms with van der Waals surface area (Å²) in [7, 11) is 0. The predicted molar refractivity (Wildman–Crippen MR) is 133 cm³/mol. The number of likely N-dealkylation sites (tertiary alicyclic amines) is 1. The van der Waals surface area contributed by atoms with Gasteiger partial charge in [-0.15, -0.1) is 11.3 Å². The molecule has 2 unspecified atom stereocenters. The Morgan fingerprint density at radius 2 is 1.75 bits per heavy atom. The first-order valence-electron chi connectivity index (χ1n) is 11.9. The van der Waals surface area contributed by atoms with Crippen molar-refractivity contribution in [1.82, 2.24) is 9.88 Å². The van der Waals surface area contributed by atoms with E-state index in [0.29, 0.717) is 4.88 Å². The first kappa shape index (κ1) is 26.5. The number of para-hydroxylation sites is 1. The molecule has 0 amide bonds. The van der Waals surface area contributed by atoms with Gasteiger partial charge in [0.25, 0.3) is 5.79 Å². The Balaban J connectivity index is 1.73. The van der Waals surface area contributed by atoms with Crippen LogP contribution in [0.2, 0.25) is 0 Å². The Kier molecular flexibility index (Phi) is 7.18. The lowest BCUT2D eigenvalue weighted by atomic mass is 9.72. The summed E-state index contributed by atoms with van der Waals surface area (Å²) in [6, 6.07) is 14.3. The van der Waals surface area contributed by atoms with Crippen LogP contribution in [0.4, 0.5) is 27.6 Å². The average molecular weight is 524 g/mol. The van der Waals surface area contributed by atoms with Crippen LogP contribution in [0.5, 0.6) is 0 Å². The number of aryl methyl sites for hydroxylation is 2. The van der Waals surface area contributed by atoms with E-state index in [1.165, 1.54) is 18.2 Å². The van der Waals surface area contributed by atoms with Crippen LogP contribution < -0.4 is 5.32 Å². The van der Waals surface area contributed by atoms with Crippen LogP contribution in [0.3, 0.4) is 0 Å². The van der Waals surface area contributed by atoms with E-state index in [2.05, 4.69) is 10.3 Å². The highest BCUT2D eigenvalue weighted by atomic mass is 32.1. The fraction of sp³-hybridized carbons (Fsp3) is 0.444. The Labute approximate surface area is 212 Å². The highest BCUT2D eigenvalue weighted by Gasteiger charge is 2.70. The molecule has 2 aromatic heterocycles. The second kappa shape index (κ2) is 9.74. The highest BCUT2D eigenvalue weighted by Crippen LogP contribution is 2.55. The first-order valence-corrected chi connectivity index (χ1v) is 12.7. The molecule has 9 heteroatoms. The summed E-state index contributed by atoms with van der Waals surface area (Å²) in [5, 5.41) is 1.83. The van der Waals surface area contributed by atoms with E-state index >= 15 is 4.39 Å². The molecule has 1 aliphatic heterocycles. The van der Waals surface area contributed by atoms with Crippen LogP contribution in [0.1, 0.15) is 42.8 Å². The molecule has 1 aromatic carbocycles. The number of pyridine rings is 1. The van der Waals surface area contributed by atoms with Crippen molar-refractivity contribution < 1.29 is 22.0 Å². The van der Waals surface area contributed by atoms with Gasteiger partial charge in [-0.05, 0) is 82.5 Å². The molecular formula is C27H30F5N3S. The van der Waals surface area contributed by atoms with Gasteiger partial charge in [-0.3, -0.25) is 9.88 Å². The minimum absolute atomic E-state index is 0.0145. The number of hydrogen-bond donors (Lipinski definition) is 1. The molecule has 3 aromatic rings. The van der Waals surface area contributed by atoms with Crippen LogP contribution in [-0.4, -0.2) is 34.9 Å². The standard InChI is InChI=1S/C27H30F5N3S/c1-19-9-10-20(17-33-19)24(2,3)35-16-15-25(18-35,14-13-22-11-12-23(28)36-22)26(29,27(30,31)32)34-21-7-5-4-6-8-21/h4-12,17,34H,13-16,18H2,1-3H3. The molecule has 3 heterocycles. The molecule has 2 atom stereocenters. The van der Waals surface area contributed by atoms with Gasteiger partial charge in [0.2, 0.25) is 0 Å². The third-order valence-corrected chi connectivity index (χ3v) is 8.39. The van der Waals surface area contributed by atoms with E-state index < -0.39 is 28.1 Å². The number of halogens is 5. The van der Waals surface area contributed by atoms with Crippen molar-refractivity contribution in [2.45, 2.75) is 57.5 Å². The summed E-state index contributed by atoms with van der Waals surface area (Å²) in [4.78, 5) is 6.85. The van der Waals surface area contributed by atoms with Gasteiger partial charge in [-0.25, -0.2) is 4.39 Å². The minimum atomic E-state index is -5.19. The first-order chi connectivity index (χ1) is 16.9. The normalized spacial score (nSPS) is 20.9. The fourth-order valence-electron chi connectivity index (χ4n) is 5.09. The van der Waals surface area contributed by atoms with Crippen molar-refractivity contribution in [2.75, 3.05) is 18.4 Å². The van der Waals surface area contributed by atoms with Crippen molar-refractivity contribution in [3.8, 4) is 0 Å². The van der Waals surface area contributed by atoms with Crippen LogP contribution in [0.15, 0.2) is 60.8 Å². The molecule has 0 spiro atoms. The maximum absolute atomic E-state index is 16.7. The monoisotopic (exact) mass is 523 g/mol. The minimum Gasteiger partial charge on any atom is -0.346 e. The average Bonchev–Trinajstić information content (AvgIpc) is 3.45. The maximum Gasteiger partial charge on any atom is 0.442 e. The largest absolute Gasteiger partial charge is 0.442 e. The van der Waals surface area contributed by atoms with Gasteiger partial charge in [0.15, 0.2) is 5.13 Å². The molecule has 0 saturated carbocycles. The van der Waals surface area contributed by atoms with Crippen LogP contribution in [0, 0.1) is 17.5 Å². The van der Waals surface area contributed by atoms with E-state index in [9.17, 15) is 17.6 Å². The number of aromatic nitrogens is 1. The van der Waals surface area contributed by atoms with E-state index in [0.717, 1.165) is 22.6 Å². The molecule has 4 rings (SSSR count). The zero-order valence-corrected chi connectivity index (χ0v) is 21.3. The van der Waals surface area contributed by atoms with Crippen molar-refractivity contribution >= 4 is 17.0 Å². The molecule has 1 N–H and O–H groups in total. The SMILES string of the molecule is Cc1ccc(C(C)(C)N2CCC(CCc3ccc(F)s3)(C(F)(Nc3ccccc3)C(F)(F)F)C2)cn1. The van der Waals surface area contributed by atoms with Crippen LogP contribution >= 0.6 is 11.3 Å². The van der Waals surface area contributed by atoms with E-state index in [1.807, 2.05) is 37.8 Å². The van der Waals surface area contributed by atoms with Crippen LogP contribution in [0.25, 0.3) is 0 Å². The fourth-order valence-corrected chi connectivity index (χ4v) is 5.82. The molecule has 1 aliphatic rings. The molecular weight excluding hydrogens is 493 g/mol. The molecule has 36 heavy (non-hydrogen) atoms. The smallest absolute Gasteiger partial charge is 0.346 e. The summed E-state index contributed by atoms with van der Waals surface area (Å²) in [5.74, 6) is -3.70. The number of nitrogens with one attached hydrogen (secondary N) is 1. The molecule has 0 aliphatic carbocycles. The number of thiophene rings is 1. The third kappa shape index (κ3) is 5.00. The van der Waals surface area contributed by atoms with Gasteiger partial charge in [-0.1, -0.05) is 24.3 Å². The second-order valence-corrected chi connectivity index (χ2v) is 11.2. The summed E-state index contributed by atoms with van der Waals surface area (Å²) in [6.07, 6.45) is -3.43. The Morgan fingerprint density at radius 3 is 2.33 bits per heavy atom.